The van der Waals surface area contributed by atoms with E-state index < -0.39 is 12.0 Å². The first-order valence-corrected chi connectivity index (χ1v) is 16.9. The van der Waals surface area contributed by atoms with Crippen LogP contribution >= 0.6 is 22.9 Å². The second kappa shape index (κ2) is 15.4. The minimum atomic E-state index is -0.833. The molecule has 0 saturated carbocycles. The smallest absolute Gasteiger partial charge is 0.338 e. The molecule has 12 heteroatoms. The largest absolute Gasteiger partial charge is 0.493 e. The molecule has 1 aliphatic rings. The molecule has 1 aliphatic heterocycles. The number of carbonyl (C=O) groups excluding carboxylic acids is 1. The number of esters is 1. The third kappa shape index (κ3) is 7.66. The van der Waals surface area contributed by atoms with Gasteiger partial charge in [0.2, 0.25) is 0 Å². The van der Waals surface area contributed by atoms with Gasteiger partial charge in [-0.1, -0.05) is 41.1 Å². The van der Waals surface area contributed by atoms with Gasteiger partial charge in [0.15, 0.2) is 27.8 Å². The average Bonchev–Trinajstić information content (AvgIpc) is 3.37. The van der Waals surface area contributed by atoms with E-state index in [0.717, 1.165) is 5.56 Å². The van der Waals surface area contributed by atoms with E-state index in [1.807, 2.05) is 39.0 Å². The number of fused-ring (bicyclic) bond motifs is 1. The summed E-state index contributed by atoms with van der Waals surface area (Å²) in [6.07, 6.45) is 1.62. The predicted octanol–water partition coefficient (Wildman–Crippen LogP) is 6.10. The van der Waals surface area contributed by atoms with Crippen LogP contribution < -0.4 is 33.8 Å². The zero-order valence-electron chi connectivity index (χ0n) is 28.0. The fourth-order valence-electron chi connectivity index (χ4n) is 5.37. The first kappa shape index (κ1) is 35.3. The first-order chi connectivity index (χ1) is 23.6. The fraction of sp³-hybridized carbons (Fsp3) is 0.297. The molecule has 4 aromatic rings. The van der Waals surface area contributed by atoms with Crippen LogP contribution in [0.2, 0.25) is 5.02 Å². The summed E-state index contributed by atoms with van der Waals surface area (Å²) in [5.41, 5.74) is 3.00. The maximum Gasteiger partial charge on any atom is 0.338 e. The van der Waals surface area contributed by atoms with Crippen molar-refractivity contribution in [1.82, 2.24) is 4.57 Å². The van der Waals surface area contributed by atoms with Crippen LogP contribution in [0.3, 0.4) is 0 Å². The number of methoxy groups -OCH3 is 1. The van der Waals surface area contributed by atoms with Crippen LogP contribution in [-0.2, 0) is 16.1 Å². The fourth-order valence-corrected chi connectivity index (χ4v) is 6.69. The summed E-state index contributed by atoms with van der Waals surface area (Å²) in [4.78, 5) is 32.7. The van der Waals surface area contributed by atoms with Crippen LogP contribution in [0.4, 0.5) is 0 Å². The van der Waals surface area contributed by atoms with Gasteiger partial charge in [0.05, 0.1) is 64.9 Å². The highest BCUT2D eigenvalue weighted by Gasteiger charge is 2.34. The Hall–Kier alpha value is -5.05. The number of aromatic nitrogens is 1. The van der Waals surface area contributed by atoms with Crippen molar-refractivity contribution in [3.63, 3.8) is 0 Å². The van der Waals surface area contributed by atoms with E-state index in [2.05, 4.69) is 11.1 Å². The zero-order valence-corrected chi connectivity index (χ0v) is 29.6. The molecular formula is C37H36ClN3O7S. The van der Waals surface area contributed by atoms with Crippen LogP contribution in [-0.4, -0.2) is 37.0 Å². The molecule has 0 N–H and O–H groups in total. The Bertz CT molecular complexity index is 2130. The van der Waals surface area contributed by atoms with Gasteiger partial charge in [0, 0.05) is 0 Å². The van der Waals surface area contributed by atoms with Crippen LogP contribution in [0.5, 0.6) is 23.0 Å². The number of carbonyl (C=O) groups is 1. The Balaban J connectivity index is 1.59. The van der Waals surface area contributed by atoms with E-state index in [9.17, 15) is 9.59 Å². The van der Waals surface area contributed by atoms with Gasteiger partial charge in [-0.2, -0.15) is 5.26 Å². The zero-order chi connectivity index (χ0) is 35.2. The normalized spacial score (nSPS) is 14.2. The van der Waals surface area contributed by atoms with E-state index >= 15 is 0 Å². The molecular weight excluding hydrogens is 666 g/mol. The Labute approximate surface area is 293 Å². The highest BCUT2D eigenvalue weighted by Crippen LogP contribution is 2.38. The summed E-state index contributed by atoms with van der Waals surface area (Å²) >= 11 is 7.92. The van der Waals surface area contributed by atoms with Crippen molar-refractivity contribution in [2.45, 2.75) is 53.4 Å². The molecule has 0 amide bonds. The van der Waals surface area contributed by atoms with Gasteiger partial charge in [0.1, 0.15) is 6.61 Å². The van der Waals surface area contributed by atoms with Gasteiger partial charge in [-0.3, -0.25) is 9.36 Å². The van der Waals surface area contributed by atoms with E-state index in [4.69, 9.17) is 40.5 Å². The topological polar surface area (TPSA) is 121 Å². The average molecular weight is 702 g/mol. The summed E-state index contributed by atoms with van der Waals surface area (Å²) in [5.74, 6) is 1.22. The molecule has 1 atom stereocenters. The molecule has 0 bridgehead atoms. The number of hydrogen-bond donors (Lipinski definition) is 0. The molecule has 10 nitrogen and oxygen atoms in total. The quantitative estimate of drug-likeness (QED) is 0.163. The van der Waals surface area contributed by atoms with E-state index in [0.29, 0.717) is 66.3 Å². The molecule has 0 unspecified atom stereocenters. The summed E-state index contributed by atoms with van der Waals surface area (Å²) in [6.45, 7) is 9.86. The second-order valence-electron chi connectivity index (χ2n) is 11.2. The van der Waals surface area contributed by atoms with Crippen molar-refractivity contribution in [3.8, 4) is 29.1 Å². The second-order valence-corrected chi connectivity index (χ2v) is 12.7. The van der Waals surface area contributed by atoms with Gasteiger partial charge in [-0.25, -0.2) is 9.79 Å². The Kier molecular flexibility index (Phi) is 11.1. The van der Waals surface area contributed by atoms with Crippen LogP contribution in [0.1, 0.15) is 62.9 Å². The van der Waals surface area contributed by atoms with Crippen molar-refractivity contribution in [1.29, 1.82) is 5.26 Å². The molecule has 0 saturated heterocycles. The van der Waals surface area contributed by atoms with Crippen molar-refractivity contribution < 1.29 is 28.5 Å². The molecule has 2 heterocycles. The molecule has 0 spiro atoms. The SMILES string of the molecule is CCOC(=O)C1=C(C)N=c2s/c(=C/c3cc(Cl)c(OCc4ccc(C#N)cc4)c(OCC)c3)c(=O)n2[C@@H]1c1ccc(OC(C)C)c(OC)c1. The third-order valence-corrected chi connectivity index (χ3v) is 8.74. The van der Waals surface area contributed by atoms with E-state index in [-0.39, 0.29) is 30.5 Å². The lowest BCUT2D eigenvalue weighted by molar-refractivity contribution is -0.139. The number of thiazole rings is 1. The minimum Gasteiger partial charge on any atom is -0.493 e. The van der Waals surface area contributed by atoms with Crippen molar-refractivity contribution in [2.75, 3.05) is 20.3 Å². The molecule has 254 valence electrons. The molecule has 0 aliphatic carbocycles. The van der Waals surface area contributed by atoms with Gasteiger partial charge in [-0.15, -0.1) is 0 Å². The molecule has 0 radical (unpaired) electrons. The number of rotatable bonds is 12. The number of ether oxygens (including phenoxy) is 5. The standard InChI is InChI=1S/C37H36ClN3O7S/c1-7-45-30-16-25(15-27(38)34(30)47-20-24-11-9-23(19-39)10-12-24)17-31-35(42)41-33(26-13-14-28(48-21(3)4)29(18-26)44-6)32(36(43)46-8-2)22(5)40-37(41)49-31/h9-18,21,33H,7-8,20H2,1-6H3/b31-17+/t33-/m1/s1. The Morgan fingerprint density at radius 3 is 2.47 bits per heavy atom. The van der Waals surface area contributed by atoms with E-state index in [1.54, 1.807) is 56.3 Å². The Morgan fingerprint density at radius 2 is 1.82 bits per heavy atom. The number of benzene rings is 3. The number of nitriles is 1. The van der Waals surface area contributed by atoms with Gasteiger partial charge < -0.3 is 23.7 Å². The predicted molar refractivity (Wildman–Crippen MR) is 187 cm³/mol. The van der Waals surface area contributed by atoms with E-state index in [1.165, 1.54) is 23.0 Å². The van der Waals surface area contributed by atoms with Gasteiger partial charge in [-0.05, 0) is 93.8 Å². The number of allylic oxidation sites excluding steroid dienone is 1. The lowest BCUT2D eigenvalue weighted by atomic mass is 9.95. The number of hydrogen-bond acceptors (Lipinski definition) is 10. The maximum atomic E-state index is 14.2. The summed E-state index contributed by atoms with van der Waals surface area (Å²) in [6, 6.07) is 17.1. The monoisotopic (exact) mass is 701 g/mol. The van der Waals surface area contributed by atoms with Crippen molar-refractivity contribution in [2.24, 2.45) is 4.99 Å². The van der Waals surface area contributed by atoms with Crippen molar-refractivity contribution in [3.05, 3.63) is 113 Å². The molecule has 1 aromatic heterocycles. The van der Waals surface area contributed by atoms with Crippen LogP contribution in [0.25, 0.3) is 6.08 Å². The highest BCUT2D eigenvalue weighted by atomic mass is 35.5. The lowest BCUT2D eigenvalue weighted by Crippen LogP contribution is -2.40. The van der Waals surface area contributed by atoms with Gasteiger partial charge >= 0.3 is 5.97 Å². The van der Waals surface area contributed by atoms with Crippen molar-refractivity contribution >= 4 is 35.0 Å². The molecule has 5 rings (SSSR count). The number of nitrogens with zero attached hydrogens (tertiary/aromatic N) is 3. The summed E-state index contributed by atoms with van der Waals surface area (Å²) < 4.78 is 30.8. The summed E-state index contributed by atoms with van der Waals surface area (Å²) in [7, 11) is 1.54. The van der Waals surface area contributed by atoms with Crippen LogP contribution in [0.15, 0.2) is 75.7 Å². The molecule has 3 aromatic carbocycles. The van der Waals surface area contributed by atoms with Crippen LogP contribution in [0, 0.1) is 11.3 Å². The lowest BCUT2D eigenvalue weighted by Gasteiger charge is -2.25. The molecule has 0 fully saturated rings. The third-order valence-electron chi connectivity index (χ3n) is 7.48. The number of halogens is 1. The molecule has 49 heavy (non-hydrogen) atoms. The minimum absolute atomic E-state index is 0.0884. The first-order valence-electron chi connectivity index (χ1n) is 15.7. The van der Waals surface area contributed by atoms with Gasteiger partial charge in [0.25, 0.3) is 5.56 Å². The maximum absolute atomic E-state index is 14.2. The summed E-state index contributed by atoms with van der Waals surface area (Å²) in [5, 5.41) is 9.37. The Morgan fingerprint density at radius 1 is 1.06 bits per heavy atom. The highest BCUT2D eigenvalue weighted by molar-refractivity contribution is 7.07.